The number of benzene rings is 2. The Morgan fingerprint density at radius 1 is 1.09 bits per heavy atom. The van der Waals surface area contributed by atoms with Crippen molar-refractivity contribution in [2.75, 3.05) is 12.0 Å². The summed E-state index contributed by atoms with van der Waals surface area (Å²) in [5.41, 5.74) is 3.27. The Kier molecular flexibility index (Phi) is 5.33. The number of hydrogen-bond acceptors (Lipinski definition) is 3. The lowest BCUT2D eigenvalue weighted by molar-refractivity contribution is -0.137. The summed E-state index contributed by atoms with van der Waals surface area (Å²) < 4.78 is 43.5. The van der Waals surface area contributed by atoms with Crippen LogP contribution in [0.15, 0.2) is 48.5 Å². The molecule has 0 saturated carbocycles. The van der Waals surface area contributed by atoms with Gasteiger partial charge in [0.1, 0.15) is 5.75 Å². The van der Waals surface area contributed by atoms with Crippen molar-refractivity contribution in [2.24, 2.45) is 0 Å². The van der Waals surface area contributed by atoms with E-state index in [9.17, 15) is 18.0 Å². The number of carbonyl (C=O) groups is 1. The van der Waals surface area contributed by atoms with Gasteiger partial charge in [-0.1, -0.05) is 23.7 Å². The molecule has 0 unspecified atom stereocenters. The molecule has 0 aliphatic rings. The maximum absolute atomic E-state index is 12.8. The van der Waals surface area contributed by atoms with Crippen LogP contribution in [0.25, 0.3) is 0 Å². The van der Waals surface area contributed by atoms with Crippen molar-refractivity contribution >= 4 is 23.2 Å². The smallest absolute Gasteiger partial charge is 0.418 e. The summed E-state index contributed by atoms with van der Waals surface area (Å²) in [6, 6.07) is 11.1. The molecule has 0 bridgehead atoms. The van der Waals surface area contributed by atoms with Crippen LogP contribution in [0.3, 0.4) is 0 Å². The van der Waals surface area contributed by atoms with Crippen LogP contribution >= 0.6 is 11.6 Å². The van der Waals surface area contributed by atoms with Crippen molar-refractivity contribution in [3.8, 4) is 5.75 Å². The molecule has 2 N–H and O–H groups in total. The number of halogens is 4. The average Bonchev–Trinajstić information content (AvgIpc) is 2.52. The van der Waals surface area contributed by atoms with E-state index < -0.39 is 17.6 Å². The molecule has 0 spiro atoms. The summed E-state index contributed by atoms with van der Waals surface area (Å²) in [5.74, 6) is -0.211. The summed E-state index contributed by atoms with van der Waals surface area (Å²) in [6.45, 7) is -0.358. The van der Waals surface area contributed by atoms with Gasteiger partial charge in [-0.15, -0.1) is 0 Å². The molecule has 0 atom stereocenters. The van der Waals surface area contributed by atoms with Gasteiger partial charge in [0, 0.05) is 5.02 Å². The zero-order chi connectivity index (χ0) is 16.9. The molecule has 23 heavy (non-hydrogen) atoms. The number of rotatable bonds is 5. The number of hydrogen-bond donors (Lipinski definition) is 2. The predicted octanol–water partition coefficient (Wildman–Crippen LogP) is 3.88. The molecule has 0 aliphatic heterocycles. The molecule has 4 nitrogen and oxygen atoms in total. The number of anilines is 1. The Bertz CT molecular complexity index is 675. The largest absolute Gasteiger partial charge is 0.484 e. The lowest BCUT2D eigenvalue weighted by Crippen LogP contribution is -2.34. The Labute approximate surface area is 135 Å². The number of amides is 1. The fourth-order valence-corrected chi connectivity index (χ4v) is 1.82. The maximum atomic E-state index is 12.8. The van der Waals surface area contributed by atoms with E-state index in [1.54, 1.807) is 24.3 Å². The number of ether oxygens (including phenoxy) is 1. The van der Waals surface area contributed by atoms with Gasteiger partial charge in [0.25, 0.3) is 5.91 Å². The zero-order valence-corrected chi connectivity index (χ0v) is 12.4. The minimum Gasteiger partial charge on any atom is -0.484 e. The second-order valence-corrected chi connectivity index (χ2v) is 4.90. The van der Waals surface area contributed by atoms with Gasteiger partial charge in [0.2, 0.25) is 0 Å². The normalized spacial score (nSPS) is 11.0. The fourth-order valence-electron chi connectivity index (χ4n) is 1.69. The average molecular weight is 345 g/mol. The number of hydrazine groups is 1. The van der Waals surface area contributed by atoms with Crippen molar-refractivity contribution < 1.29 is 22.7 Å². The van der Waals surface area contributed by atoms with Crippen molar-refractivity contribution in [1.29, 1.82) is 0 Å². The first kappa shape index (κ1) is 17.0. The third-order valence-corrected chi connectivity index (χ3v) is 3.00. The summed E-state index contributed by atoms with van der Waals surface area (Å²) in [7, 11) is 0. The van der Waals surface area contributed by atoms with Crippen LogP contribution in [0.2, 0.25) is 5.02 Å². The Balaban J connectivity index is 1.89. The molecule has 0 radical (unpaired) electrons. The van der Waals surface area contributed by atoms with Gasteiger partial charge < -0.3 is 4.74 Å². The third-order valence-electron chi connectivity index (χ3n) is 2.75. The maximum Gasteiger partial charge on any atom is 0.418 e. The van der Waals surface area contributed by atoms with Crippen LogP contribution in [-0.2, 0) is 11.0 Å². The molecular formula is C15H12ClF3N2O2. The van der Waals surface area contributed by atoms with Crippen LogP contribution in [0, 0.1) is 0 Å². The van der Waals surface area contributed by atoms with Crippen LogP contribution in [-0.4, -0.2) is 12.5 Å². The molecule has 0 aliphatic carbocycles. The minimum absolute atomic E-state index is 0.250. The second kappa shape index (κ2) is 7.23. The topological polar surface area (TPSA) is 50.4 Å². The third kappa shape index (κ3) is 5.07. The van der Waals surface area contributed by atoms with Gasteiger partial charge in [0.05, 0.1) is 11.3 Å². The molecule has 8 heteroatoms. The Morgan fingerprint density at radius 3 is 2.39 bits per heavy atom. The van der Waals surface area contributed by atoms with Crippen molar-refractivity contribution in [3.05, 3.63) is 59.1 Å². The molecule has 122 valence electrons. The van der Waals surface area contributed by atoms with E-state index in [0.717, 1.165) is 6.07 Å². The molecule has 0 heterocycles. The van der Waals surface area contributed by atoms with E-state index >= 15 is 0 Å². The summed E-state index contributed by atoms with van der Waals surface area (Å²) in [6.07, 6.45) is -4.52. The Hall–Kier alpha value is -2.41. The molecule has 1 amide bonds. The van der Waals surface area contributed by atoms with Gasteiger partial charge in [-0.25, -0.2) is 0 Å². The summed E-state index contributed by atoms with van der Waals surface area (Å²) in [4.78, 5) is 11.6. The van der Waals surface area contributed by atoms with Crippen LogP contribution in [0.1, 0.15) is 5.56 Å². The number of nitrogens with one attached hydrogen (secondary N) is 2. The highest BCUT2D eigenvalue weighted by atomic mass is 35.5. The molecule has 2 rings (SSSR count). The molecule has 0 saturated heterocycles. The monoisotopic (exact) mass is 344 g/mol. The quantitative estimate of drug-likeness (QED) is 0.809. The van der Waals surface area contributed by atoms with Crippen LogP contribution < -0.4 is 15.6 Å². The first-order valence-electron chi connectivity index (χ1n) is 6.46. The highest BCUT2D eigenvalue weighted by Crippen LogP contribution is 2.34. The van der Waals surface area contributed by atoms with Crippen molar-refractivity contribution in [2.45, 2.75) is 6.18 Å². The zero-order valence-electron chi connectivity index (χ0n) is 11.7. The van der Waals surface area contributed by atoms with E-state index in [4.69, 9.17) is 16.3 Å². The van der Waals surface area contributed by atoms with Gasteiger partial charge in [-0.3, -0.25) is 15.6 Å². The fraction of sp³-hybridized carbons (Fsp3) is 0.133. The van der Waals surface area contributed by atoms with E-state index in [-0.39, 0.29) is 12.3 Å². The minimum atomic E-state index is -4.52. The lowest BCUT2D eigenvalue weighted by atomic mass is 10.2. The molecule has 0 fully saturated rings. The standard InChI is InChI=1S/C15H12ClF3N2O2/c16-10-5-7-11(8-6-10)23-9-14(22)21-20-13-4-2-1-3-12(13)15(17,18)19/h1-8,20H,9H2,(H,21,22). The molecule has 2 aromatic rings. The van der Waals surface area contributed by atoms with Gasteiger partial charge in [-0.05, 0) is 36.4 Å². The lowest BCUT2D eigenvalue weighted by Gasteiger charge is -2.15. The van der Waals surface area contributed by atoms with E-state index in [1.807, 2.05) is 0 Å². The SMILES string of the molecule is O=C(COc1ccc(Cl)cc1)NNc1ccccc1C(F)(F)F. The molecule has 2 aromatic carbocycles. The van der Waals surface area contributed by atoms with Crippen molar-refractivity contribution in [1.82, 2.24) is 5.43 Å². The highest BCUT2D eigenvalue weighted by Gasteiger charge is 2.33. The van der Waals surface area contributed by atoms with Gasteiger partial charge in [0.15, 0.2) is 6.61 Å². The Morgan fingerprint density at radius 2 is 1.74 bits per heavy atom. The van der Waals surface area contributed by atoms with Crippen molar-refractivity contribution in [3.63, 3.8) is 0 Å². The number of alkyl halides is 3. The molecule has 0 aromatic heterocycles. The number of carbonyl (C=O) groups excluding carboxylic acids is 1. The number of para-hydroxylation sites is 1. The first-order chi connectivity index (χ1) is 10.9. The predicted molar refractivity (Wildman–Crippen MR) is 80.2 cm³/mol. The van der Waals surface area contributed by atoms with E-state index in [0.29, 0.717) is 10.8 Å². The summed E-state index contributed by atoms with van der Waals surface area (Å²) in [5, 5.41) is 0.521. The summed E-state index contributed by atoms with van der Waals surface area (Å²) >= 11 is 5.71. The van der Waals surface area contributed by atoms with Gasteiger partial charge in [-0.2, -0.15) is 13.2 Å². The first-order valence-corrected chi connectivity index (χ1v) is 6.83. The molecular weight excluding hydrogens is 333 g/mol. The van der Waals surface area contributed by atoms with E-state index in [2.05, 4.69) is 10.9 Å². The second-order valence-electron chi connectivity index (χ2n) is 4.46. The van der Waals surface area contributed by atoms with Crippen LogP contribution in [0.4, 0.5) is 18.9 Å². The highest BCUT2D eigenvalue weighted by molar-refractivity contribution is 6.30. The van der Waals surface area contributed by atoms with E-state index in [1.165, 1.54) is 18.2 Å². The van der Waals surface area contributed by atoms with Crippen LogP contribution in [0.5, 0.6) is 5.75 Å². The van der Waals surface area contributed by atoms with Gasteiger partial charge >= 0.3 is 6.18 Å².